The van der Waals surface area contributed by atoms with Crippen LogP contribution >= 0.6 is 7.82 Å². The molecule has 0 aliphatic carbocycles. The van der Waals surface area contributed by atoms with Crippen LogP contribution in [0.15, 0.2) is 0 Å². The zero-order valence-corrected chi connectivity index (χ0v) is 14.5. The molecule has 0 saturated carbocycles. The zero-order chi connectivity index (χ0) is 20.0. The largest absolute Gasteiger partial charge is 3.00 e. The van der Waals surface area contributed by atoms with E-state index in [1.807, 2.05) is 0 Å². The summed E-state index contributed by atoms with van der Waals surface area (Å²) < 4.78 is 8.88. The first kappa shape index (κ1) is 38.5. The quantitative estimate of drug-likeness (QED) is 0.187. The van der Waals surface area contributed by atoms with Crippen molar-refractivity contribution in [3.8, 4) is 0 Å². The minimum Gasteiger partial charge on any atom is -0.543 e. The monoisotopic (exact) mass is 416 g/mol. The Labute approximate surface area is 157 Å². The Kier molecular flexibility index (Phi) is 30.9. The minimum atomic E-state index is -4.64. The zero-order valence-electron chi connectivity index (χ0n) is 11.3. The molecule has 0 aromatic carbocycles. The normalized spacial score (nSPS) is 7.64. The van der Waals surface area contributed by atoms with Crippen molar-refractivity contribution in [3.05, 3.63) is 0 Å². The summed E-state index contributed by atoms with van der Waals surface area (Å²) in [5, 5.41) is 53.6. The van der Waals surface area contributed by atoms with Crippen molar-refractivity contribution in [3.63, 3.8) is 0 Å². The van der Waals surface area contributed by atoms with Crippen LogP contribution in [0.3, 0.4) is 0 Å². The van der Waals surface area contributed by atoms with Gasteiger partial charge in [-0.05, 0) is 0 Å². The molecule has 134 valence electrons. The molecule has 19 heteroatoms. The first-order valence-electron chi connectivity index (χ1n) is 3.98. The maximum absolute atomic E-state index is 8.93. The molecule has 0 fully saturated rings. The molecule has 0 bridgehead atoms. The molecular formula is C6H3Al2O16P. The molecular weight excluding hydrogens is 413 g/mol. The fourth-order valence-electron chi connectivity index (χ4n) is 0. The van der Waals surface area contributed by atoms with Crippen molar-refractivity contribution >= 4 is 78.4 Å². The molecule has 0 heterocycles. The molecule has 3 N–H and O–H groups in total. The molecule has 0 aliphatic rings. The van der Waals surface area contributed by atoms with E-state index in [2.05, 4.69) is 0 Å². The van der Waals surface area contributed by atoms with Crippen LogP contribution in [0.4, 0.5) is 0 Å². The average Bonchev–Trinajstić information content (AvgIpc) is 2.27. The summed E-state index contributed by atoms with van der Waals surface area (Å²) in [6.45, 7) is 0. The molecule has 16 nitrogen and oxygen atoms in total. The van der Waals surface area contributed by atoms with Gasteiger partial charge in [-0.15, -0.1) is 0 Å². The van der Waals surface area contributed by atoms with E-state index >= 15 is 0 Å². The van der Waals surface area contributed by atoms with E-state index in [4.69, 9.17) is 78.7 Å². The Bertz CT molecular complexity index is 405. The number of rotatable bonds is 0. The van der Waals surface area contributed by atoms with Crippen LogP contribution in [0, 0.1) is 0 Å². The van der Waals surface area contributed by atoms with Crippen molar-refractivity contribution in [2.45, 2.75) is 0 Å². The molecule has 0 rings (SSSR count). The first-order chi connectivity index (χ1) is 9.93. The van der Waals surface area contributed by atoms with Gasteiger partial charge < -0.3 is 74.1 Å². The Balaban J connectivity index is -0.0000000470. The summed E-state index contributed by atoms with van der Waals surface area (Å²) in [6, 6.07) is 0. The van der Waals surface area contributed by atoms with Gasteiger partial charge in [-0.2, -0.15) is 0 Å². The summed E-state index contributed by atoms with van der Waals surface area (Å²) in [6.07, 6.45) is 0. The summed E-state index contributed by atoms with van der Waals surface area (Å²) >= 11 is 0. The van der Waals surface area contributed by atoms with Crippen LogP contribution in [0.2, 0.25) is 0 Å². The van der Waals surface area contributed by atoms with E-state index in [9.17, 15) is 0 Å². The molecule has 25 heavy (non-hydrogen) atoms. The summed E-state index contributed by atoms with van der Waals surface area (Å²) in [7, 11) is -4.64. The third kappa shape index (κ3) is 88.0. The van der Waals surface area contributed by atoms with Gasteiger partial charge in [-0.25, -0.2) is 4.57 Å². The molecule has 0 saturated heterocycles. The Morgan fingerprint density at radius 2 is 0.520 bits per heavy atom. The molecule has 0 aromatic heterocycles. The van der Waals surface area contributed by atoms with E-state index in [1.54, 1.807) is 0 Å². The van der Waals surface area contributed by atoms with Gasteiger partial charge >= 0.3 is 42.5 Å². The third-order valence-electron chi connectivity index (χ3n) is 0.500. The van der Waals surface area contributed by atoms with E-state index < -0.39 is 43.6 Å². The number of hydrogen-bond donors (Lipinski definition) is 3. The second kappa shape index (κ2) is 20.0. The fourth-order valence-corrected chi connectivity index (χ4v) is 0. The van der Waals surface area contributed by atoms with Crippen molar-refractivity contribution < 1.29 is 78.7 Å². The Hall–Kier alpha value is -2.01. The van der Waals surface area contributed by atoms with Crippen molar-refractivity contribution in [1.82, 2.24) is 0 Å². The molecule has 0 atom stereocenters. The van der Waals surface area contributed by atoms with Crippen LogP contribution in [0.5, 0.6) is 0 Å². The van der Waals surface area contributed by atoms with Gasteiger partial charge in [-0.1, -0.05) is 0 Å². The smallest absolute Gasteiger partial charge is 0.543 e. The van der Waals surface area contributed by atoms with Gasteiger partial charge in [0, 0.05) is 0 Å². The Morgan fingerprint density at radius 3 is 0.520 bits per heavy atom. The van der Waals surface area contributed by atoms with Gasteiger partial charge in [0.2, 0.25) is 0 Å². The number of aliphatic carboxylic acids is 6. The van der Waals surface area contributed by atoms with Crippen LogP contribution in [0.1, 0.15) is 0 Å². The van der Waals surface area contributed by atoms with E-state index in [-0.39, 0.29) is 34.7 Å². The topological polar surface area (TPSA) is 319 Å². The summed E-state index contributed by atoms with van der Waals surface area (Å²) in [5.41, 5.74) is 0. The standard InChI is InChI=1S/3C2H2O4.2Al.H3O4P/c3*3-1(4)2(5)6;;;1-5(2,3)4/h3*(H,3,4)(H,5,6);;;(H3,1,2,3,4)/q;;;2*+3;/p-6. The second-order valence-electron chi connectivity index (χ2n) is 2.24. The maximum atomic E-state index is 8.93. The van der Waals surface area contributed by atoms with Crippen molar-refractivity contribution in [2.24, 2.45) is 0 Å². The SMILES string of the molecule is O=C([O-])C(=O)[O-].O=C([O-])C(=O)[O-].O=C([O-])C(=O)[O-].O=P(O)(O)O.[Al+3].[Al+3]. The van der Waals surface area contributed by atoms with E-state index in [1.165, 1.54) is 0 Å². The van der Waals surface area contributed by atoms with Crippen molar-refractivity contribution in [2.75, 3.05) is 0 Å². The predicted octanol–water partition coefficient (Wildman–Crippen LogP) is -12.2. The average molecular weight is 416 g/mol. The number of hydrogen-bond acceptors (Lipinski definition) is 13. The minimum absolute atomic E-state index is 0. The van der Waals surface area contributed by atoms with Crippen LogP contribution in [-0.4, -0.2) is 85.2 Å². The van der Waals surface area contributed by atoms with Gasteiger partial charge in [-0.3, -0.25) is 0 Å². The van der Waals surface area contributed by atoms with Crippen molar-refractivity contribution in [1.29, 1.82) is 0 Å². The number of carboxylic acids is 6. The molecule has 0 radical (unpaired) electrons. The predicted molar refractivity (Wildman–Crippen MR) is 55.8 cm³/mol. The molecule has 0 aromatic rings. The summed E-state index contributed by atoms with van der Waals surface area (Å²) in [4.78, 5) is 75.1. The van der Waals surface area contributed by atoms with E-state index in [0.717, 1.165) is 0 Å². The number of carboxylic acid groups (broad SMARTS) is 6. The number of carbonyl (C=O) groups excluding carboxylic acids is 6. The maximum Gasteiger partial charge on any atom is 3.00 e. The van der Waals surface area contributed by atoms with Gasteiger partial charge in [0.15, 0.2) is 0 Å². The fraction of sp³-hybridized carbons (Fsp3) is 0. The van der Waals surface area contributed by atoms with Crippen LogP contribution < -0.4 is 30.6 Å². The molecule has 0 unspecified atom stereocenters. The van der Waals surface area contributed by atoms with Gasteiger partial charge in [0.25, 0.3) is 0 Å². The number of phosphoric acid groups is 1. The molecule has 0 aliphatic heterocycles. The third-order valence-corrected chi connectivity index (χ3v) is 0.500. The van der Waals surface area contributed by atoms with E-state index in [0.29, 0.717) is 0 Å². The van der Waals surface area contributed by atoms with Gasteiger partial charge in [0.05, 0.1) is 35.8 Å². The summed E-state index contributed by atoms with van der Waals surface area (Å²) in [5.74, 6) is -13.1. The van der Waals surface area contributed by atoms with Crippen LogP contribution in [-0.2, 0) is 33.3 Å². The second-order valence-corrected chi connectivity index (χ2v) is 3.26. The molecule has 0 amide bonds. The first-order valence-corrected chi connectivity index (χ1v) is 5.55. The molecule has 0 spiro atoms. The number of carbonyl (C=O) groups is 6. The van der Waals surface area contributed by atoms with Gasteiger partial charge in [0.1, 0.15) is 0 Å². The van der Waals surface area contributed by atoms with Crippen LogP contribution in [0.25, 0.3) is 0 Å². The Morgan fingerprint density at radius 1 is 0.480 bits per heavy atom.